The summed E-state index contributed by atoms with van der Waals surface area (Å²) in [6.45, 7) is 0. The molecule has 0 aliphatic heterocycles. The second-order valence-electron chi connectivity index (χ2n) is 5.31. The topological polar surface area (TPSA) is 109 Å². The third-order valence-electron chi connectivity index (χ3n) is 3.90. The number of sulfone groups is 1. The highest BCUT2D eigenvalue weighted by Crippen LogP contribution is 2.41. The molecule has 7 heteroatoms. The minimum atomic E-state index is -3.85. The van der Waals surface area contributed by atoms with Gasteiger partial charge in [0.15, 0.2) is 27.2 Å². The van der Waals surface area contributed by atoms with E-state index >= 15 is 0 Å². The van der Waals surface area contributed by atoms with Crippen LogP contribution in [0.5, 0.6) is 0 Å². The van der Waals surface area contributed by atoms with Crippen LogP contribution in [0, 0.1) is 11.8 Å². The normalized spacial score (nSPS) is 24.7. The molecule has 2 N–H and O–H groups in total. The Morgan fingerprint density at radius 3 is 2.09 bits per heavy atom. The highest BCUT2D eigenvalue weighted by atomic mass is 32.2. The molecule has 1 aromatic rings. The number of ketones is 2. The molecule has 6 nitrogen and oxygen atoms in total. The number of aliphatic hydroxyl groups excluding tert-OH is 2. The zero-order valence-corrected chi connectivity index (χ0v) is 12.3. The van der Waals surface area contributed by atoms with Gasteiger partial charge in [-0.2, -0.15) is 0 Å². The Morgan fingerprint density at radius 2 is 1.55 bits per heavy atom. The average Bonchev–Trinajstić information content (AvgIpc) is 2.46. The fourth-order valence-corrected chi connectivity index (χ4v) is 3.70. The van der Waals surface area contributed by atoms with Gasteiger partial charge in [-0.25, -0.2) is 8.42 Å². The van der Waals surface area contributed by atoms with Gasteiger partial charge in [0.1, 0.15) is 10.7 Å². The van der Waals surface area contributed by atoms with Gasteiger partial charge in [-0.3, -0.25) is 9.59 Å². The number of carbonyl (C=O) groups is 2. The molecule has 22 heavy (non-hydrogen) atoms. The van der Waals surface area contributed by atoms with Gasteiger partial charge < -0.3 is 10.2 Å². The van der Waals surface area contributed by atoms with Crippen molar-refractivity contribution in [3.63, 3.8) is 0 Å². The molecule has 2 aliphatic carbocycles. The molecular formula is C15H12O6S. The molecule has 0 spiro atoms. The van der Waals surface area contributed by atoms with Gasteiger partial charge in [-0.15, -0.1) is 0 Å². The summed E-state index contributed by atoms with van der Waals surface area (Å²) in [7, 11) is -3.85. The van der Waals surface area contributed by atoms with E-state index in [0.29, 0.717) is 0 Å². The first kappa shape index (κ1) is 14.5. The molecule has 0 amide bonds. The molecule has 0 radical (unpaired) electrons. The summed E-state index contributed by atoms with van der Waals surface area (Å²) in [5, 5.41) is 20.0. The number of aliphatic hydroxyl groups is 2. The number of benzene rings is 1. The molecule has 0 saturated heterocycles. The number of Topliss-reactive ketones (excluding diaryl/α,β-unsaturated/α-hetero) is 2. The molecule has 114 valence electrons. The number of fused-ring (bicyclic) bond motifs is 2. The second-order valence-corrected chi connectivity index (χ2v) is 7.30. The zero-order valence-electron chi connectivity index (χ0n) is 11.5. The molecule has 2 atom stereocenters. The van der Waals surface area contributed by atoms with Gasteiger partial charge in [-0.1, -0.05) is 24.3 Å². The monoisotopic (exact) mass is 320 g/mol. The summed E-state index contributed by atoms with van der Waals surface area (Å²) < 4.78 is 23.4. The number of allylic oxidation sites excluding steroid dienone is 2. The third kappa shape index (κ3) is 1.89. The Hall–Kier alpha value is -2.41. The standard InChI is InChI=1S/C15H12O6S/c1-22(20,21)10-6-9-11(15(19)14(10)18)13(17)8-5-3-2-4-7(8)12(9)16/h2-6,9,11,18-19H,1H3. The van der Waals surface area contributed by atoms with Gasteiger partial charge in [0.2, 0.25) is 0 Å². The Morgan fingerprint density at radius 1 is 1.00 bits per heavy atom. The van der Waals surface area contributed by atoms with Crippen molar-refractivity contribution in [1.29, 1.82) is 0 Å². The fraction of sp³-hybridized carbons (Fsp3) is 0.200. The summed E-state index contributed by atoms with van der Waals surface area (Å²) in [5.41, 5.74) is 0.344. The average molecular weight is 320 g/mol. The van der Waals surface area contributed by atoms with Crippen molar-refractivity contribution in [2.24, 2.45) is 11.8 Å². The van der Waals surface area contributed by atoms with Crippen LogP contribution < -0.4 is 0 Å². The quantitative estimate of drug-likeness (QED) is 0.813. The number of rotatable bonds is 1. The number of hydrogen-bond acceptors (Lipinski definition) is 6. The smallest absolute Gasteiger partial charge is 0.179 e. The first-order chi connectivity index (χ1) is 10.2. The maximum absolute atomic E-state index is 12.5. The molecule has 0 aromatic heterocycles. The van der Waals surface area contributed by atoms with E-state index in [9.17, 15) is 28.2 Å². The van der Waals surface area contributed by atoms with Crippen LogP contribution in [-0.4, -0.2) is 36.5 Å². The summed E-state index contributed by atoms with van der Waals surface area (Å²) in [6.07, 6.45) is 1.90. The minimum absolute atomic E-state index is 0.157. The summed E-state index contributed by atoms with van der Waals surface area (Å²) in [5.74, 6) is -5.05. The van der Waals surface area contributed by atoms with Gasteiger partial charge in [0.05, 0.1) is 11.8 Å². The summed E-state index contributed by atoms with van der Waals surface area (Å²) in [4.78, 5) is 24.5. The molecule has 0 bridgehead atoms. The molecule has 2 aliphatic rings. The Labute approximate surface area is 126 Å². The highest BCUT2D eigenvalue weighted by molar-refractivity contribution is 7.94. The van der Waals surface area contributed by atoms with Crippen LogP contribution in [0.25, 0.3) is 0 Å². The fourth-order valence-electron chi connectivity index (χ4n) is 2.86. The van der Waals surface area contributed by atoms with Gasteiger partial charge in [-0.05, 0) is 6.08 Å². The van der Waals surface area contributed by atoms with Crippen molar-refractivity contribution in [3.8, 4) is 0 Å². The van der Waals surface area contributed by atoms with E-state index in [4.69, 9.17) is 0 Å². The molecule has 3 rings (SSSR count). The van der Waals surface area contributed by atoms with Gasteiger partial charge >= 0.3 is 0 Å². The lowest BCUT2D eigenvalue weighted by Crippen LogP contribution is -2.39. The first-order valence-corrected chi connectivity index (χ1v) is 8.34. The van der Waals surface area contributed by atoms with E-state index in [2.05, 4.69) is 0 Å². The van der Waals surface area contributed by atoms with Crippen molar-refractivity contribution in [1.82, 2.24) is 0 Å². The SMILES string of the molecule is CS(=O)(=O)C1=CC2C(=O)c3ccccc3C(=O)C2C(O)=C1O. The van der Waals surface area contributed by atoms with E-state index in [0.717, 1.165) is 12.3 Å². The lowest BCUT2D eigenvalue weighted by Gasteiger charge is -2.31. The largest absolute Gasteiger partial charge is 0.508 e. The van der Waals surface area contributed by atoms with Crippen molar-refractivity contribution in [3.05, 3.63) is 57.9 Å². The van der Waals surface area contributed by atoms with Crippen molar-refractivity contribution >= 4 is 21.4 Å². The van der Waals surface area contributed by atoms with E-state index in [-0.39, 0.29) is 11.1 Å². The summed E-state index contributed by atoms with van der Waals surface area (Å²) in [6, 6.07) is 6.13. The molecule has 0 heterocycles. The second kappa shape index (κ2) is 4.54. The lowest BCUT2D eigenvalue weighted by atomic mass is 9.71. The van der Waals surface area contributed by atoms with Crippen molar-refractivity contribution in [2.45, 2.75) is 0 Å². The molecular weight excluding hydrogens is 308 g/mol. The van der Waals surface area contributed by atoms with Crippen LogP contribution in [0.2, 0.25) is 0 Å². The van der Waals surface area contributed by atoms with E-state index in [1.807, 2.05) is 0 Å². The molecule has 1 aromatic carbocycles. The van der Waals surface area contributed by atoms with Crippen LogP contribution >= 0.6 is 0 Å². The van der Waals surface area contributed by atoms with E-state index in [1.54, 1.807) is 12.1 Å². The van der Waals surface area contributed by atoms with Crippen LogP contribution in [0.3, 0.4) is 0 Å². The third-order valence-corrected chi connectivity index (χ3v) is 5.03. The van der Waals surface area contributed by atoms with E-state index in [1.165, 1.54) is 12.1 Å². The van der Waals surface area contributed by atoms with Gasteiger partial charge in [0.25, 0.3) is 0 Å². The van der Waals surface area contributed by atoms with Crippen LogP contribution in [0.15, 0.2) is 46.8 Å². The zero-order chi connectivity index (χ0) is 16.2. The Kier molecular flexibility index (Phi) is 3.00. The van der Waals surface area contributed by atoms with E-state index < -0.39 is 49.7 Å². The Bertz CT molecular complexity index is 875. The lowest BCUT2D eigenvalue weighted by molar-refractivity contribution is 0.0747. The maximum Gasteiger partial charge on any atom is 0.179 e. The predicted molar refractivity (Wildman–Crippen MR) is 77.3 cm³/mol. The predicted octanol–water partition coefficient (Wildman–Crippen LogP) is 1.57. The number of carbonyl (C=O) groups excluding carboxylic acids is 2. The van der Waals surface area contributed by atoms with Crippen LogP contribution in [0.4, 0.5) is 0 Å². The Balaban J connectivity index is 2.26. The number of hydrogen-bond donors (Lipinski definition) is 2. The molecule has 0 fully saturated rings. The minimum Gasteiger partial charge on any atom is -0.508 e. The van der Waals surface area contributed by atoms with Crippen LogP contribution in [0.1, 0.15) is 20.7 Å². The maximum atomic E-state index is 12.5. The highest BCUT2D eigenvalue weighted by Gasteiger charge is 2.47. The first-order valence-electron chi connectivity index (χ1n) is 6.45. The van der Waals surface area contributed by atoms with Gasteiger partial charge in [0, 0.05) is 17.4 Å². The van der Waals surface area contributed by atoms with Crippen molar-refractivity contribution in [2.75, 3.05) is 6.26 Å². The van der Waals surface area contributed by atoms with Crippen molar-refractivity contribution < 1.29 is 28.2 Å². The summed E-state index contributed by atoms with van der Waals surface area (Å²) >= 11 is 0. The van der Waals surface area contributed by atoms with Crippen LogP contribution in [-0.2, 0) is 9.84 Å². The molecule has 2 unspecified atom stereocenters. The molecule has 0 saturated carbocycles.